The first-order valence-corrected chi connectivity index (χ1v) is 7.96. The van der Waals surface area contributed by atoms with Crippen molar-refractivity contribution in [3.8, 4) is 11.8 Å². The Hall–Kier alpha value is -3.11. The number of fused-ring (bicyclic) bond motifs is 1. The third-order valence-corrected chi connectivity index (χ3v) is 3.63. The Morgan fingerprint density at radius 2 is 2.12 bits per heavy atom. The van der Waals surface area contributed by atoms with Gasteiger partial charge in [0.1, 0.15) is 5.52 Å². The Bertz CT molecular complexity index is 955. The van der Waals surface area contributed by atoms with Crippen molar-refractivity contribution in [2.24, 2.45) is 0 Å². The van der Waals surface area contributed by atoms with Crippen LogP contribution in [0.25, 0.3) is 11.0 Å². The summed E-state index contributed by atoms with van der Waals surface area (Å²) < 4.78 is 0. The van der Waals surface area contributed by atoms with Gasteiger partial charge in [0.15, 0.2) is 5.82 Å². The lowest BCUT2D eigenvalue weighted by atomic mass is 10.3. The number of carbonyl (C=O) groups is 1. The molecule has 0 fully saturated rings. The third-order valence-electron chi connectivity index (χ3n) is 3.32. The van der Waals surface area contributed by atoms with Crippen LogP contribution in [-0.2, 0) is 0 Å². The summed E-state index contributed by atoms with van der Waals surface area (Å²) in [6, 6.07) is 5.35. The molecule has 0 atom stereocenters. The molecule has 0 bridgehead atoms. The van der Waals surface area contributed by atoms with Crippen molar-refractivity contribution in [3.05, 3.63) is 47.0 Å². The Labute approximate surface area is 149 Å². The van der Waals surface area contributed by atoms with E-state index in [9.17, 15) is 4.79 Å². The van der Waals surface area contributed by atoms with Gasteiger partial charge in [-0.05, 0) is 12.1 Å². The van der Waals surface area contributed by atoms with Crippen LogP contribution in [0, 0.1) is 11.8 Å². The Morgan fingerprint density at radius 3 is 2.84 bits per heavy atom. The standard InChI is InChI=1S/C17H15ClN6O/c1-19-17-21-9-11(10-22-17)5-2-3-8-20-16(25)15-23-13-7-4-6-12(18)14(13)24-15/h4,6-7,9-10H,3,8H2,1H3,(H,20,25)(H,23,24)(H,19,21,22). The lowest BCUT2D eigenvalue weighted by Crippen LogP contribution is -2.25. The molecular weight excluding hydrogens is 340 g/mol. The highest BCUT2D eigenvalue weighted by atomic mass is 35.5. The average Bonchev–Trinajstić information content (AvgIpc) is 3.08. The molecule has 0 radical (unpaired) electrons. The van der Waals surface area contributed by atoms with Gasteiger partial charge in [0.25, 0.3) is 5.91 Å². The molecule has 2 heterocycles. The molecule has 1 aromatic carbocycles. The van der Waals surface area contributed by atoms with Crippen LogP contribution in [0.5, 0.6) is 0 Å². The fourth-order valence-corrected chi connectivity index (χ4v) is 2.33. The molecule has 3 rings (SSSR count). The Morgan fingerprint density at radius 1 is 1.32 bits per heavy atom. The molecule has 2 aromatic heterocycles. The van der Waals surface area contributed by atoms with E-state index in [0.29, 0.717) is 29.5 Å². The number of nitrogens with zero attached hydrogens (tertiary/aromatic N) is 3. The number of halogens is 1. The molecule has 0 unspecified atom stereocenters. The van der Waals surface area contributed by atoms with Gasteiger partial charge in [-0.1, -0.05) is 29.5 Å². The van der Waals surface area contributed by atoms with Crippen molar-refractivity contribution in [1.29, 1.82) is 0 Å². The van der Waals surface area contributed by atoms with Crippen LogP contribution in [0.1, 0.15) is 22.6 Å². The van der Waals surface area contributed by atoms with Crippen LogP contribution in [0.2, 0.25) is 5.02 Å². The minimum atomic E-state index is -0.296. The largest absolute Gasteiger partial charge is 0.357 e. The molecule has 0 saturated carbocycles. The number of para-hydroxylation sites is 1. The zero-order valence-corrected chi connectivity index (χ0v) is 14.2. The van der Waals surface area contributed by atoms with Crippen molar-refractivity contribution in [2.45, 2.75) is 6.42 Å². The molecule has 3 aromatic rings. The maximum absolute atomic E-state index is 12.1. The number of rotatable bonds is 4. The van der Waals surface area contributed by atoms with E-state index in [-0.39, 0.29) is 11.7 Å². The number of imidazole rings is 1. The first-order valence-electron chi connectivity index (χ1n) is 7.58. The topological polar surface area (TPSA) is 95.6 Å². The van der Waals surface area contributed by atoms with Gasteiger partial charge >= 0.3 is 0 Å². The lowest BCUT2D eigenvalue weighted by molar-refractivity contribution is 0.0945. The Kier molecular flexibility index (Phi) is 5.11. The lowest BCUT2D eigenvalue weighted by Gasteiger charge is -1.98. The molecule has 7 nitrogen and oxygen atoms in total. The highest BCUT2D eigenvalue weighted by Gasteiger charge is 2.12. The molecule has 25 heavy (non-hydrogen) atoms. The van der Waals surface area contributed by atoms with Crippen molar-refractivity contribution in [3.63, 3.8) is 0 Å². The van der Waals surface area contributed by atoms with E-state index in [1.165, 1.54) is 0 Å². The summed E-state index contributed by atoms with van der Waals surface area (Å²) >= 11 is 6.05. The van der Waals surface area contributed by atoms with E-state index < -0.39 is 0 Å². The van der Waals surface area contributed by atoms with Gasteiger partial charge in [0.05, 0.1) is 16.1 Å². The summed E-state index contributed by atoms with van der Waals surface area (Å²) in [6.07, 6.45) is 3.78. The number of benzene rings is 1. The summed E-state index contributed by atoms with van der Waals surface area (Å²) in [5.41, 5.74) is 2.03. The van der Waals surface area contributed by atoms with Gasteiger partial charge in [-0.15, -0.1) is 0 Å². The zero-order chi connectivity index (χ0) is 17.6. The molecule has 1 amide bonds. The predicted molar refractivity (Wildman–Crippen MR) is 96.5 cm³/mol. The smallest absolute Gasteiger partial charge is 0.287 e. The fraction of sp³-hybridized carbons (Fsp3) is 0.176. The van der Waals surface area contributed by atoms with E-state index in [2.05, 4.69) is 42.4 Å². The molecule has 0 aliphatic heterocycles. The number of anilines is 1. The summed E-state index contributed by atoms with van der Waals surface area (Å²) in [7, 11) is 1.75. The molecule has 3 N–H and O–H groups in total. The average molecular weight is 355 g/mol. The van der Waals surface area contributed by atoms with E-state index >= 15 is 0 Å². The maximum atomic E-state index is 12.1. The van der Waals surface area contributed by atoms with Gasteiger partial charge in [-0.2, -0.15) is 0 Å². The summed E-state index contributed by atoms with van der Waals surface area (Å²) in [5, 5.41) is 6.11. The zero-order valence-electron chi connectivity index (χ0n) is 13.4. The van der Waals surface area contributed by atoms with E-state index in [4.69, 9.17) is 11.6 Å². The normalized spacial score (nSPS) is 10.2. The summed E-state index contributed by atoms with van der Waals surface area (Å²) in [6.45, 7) is 0.409. The molecule has 0 saturated heterocycles. The minimum Gasteiger partial charge on any atom is -0.357 e. The number of aromatic nitrogens is 4. The number of carbonyl (C=O) groups excluding carboxylic acids is 1. The van der Waals surface area contributed by atoms with Crippen LogP contribution in [-0.4, -0.2) is 39.4 Å². The van der Waals surface area contributed by atoms with Gasteiger partial charge in [0.2, 0.25) is 5.95 Å². The van der Waals surface area contributed by atoms with Gasteiger partial charge < -0.3 is 15.6 Å². The van der Waals surface area contributed by atoms with E-state index in [1.54, 1.807) is 31.6 Å². The molecule has 0 aliphatic carbocycles. The second-order valence-corrected chi connectivity index (χ2v) is 5.48. The molecular formula is C17H15ClN6O. The predicted octanol–water partition coefficient (Wildman–Crippen LogP) is 2.22. The van der Waals surface area contributed by atoms with Crippen molar-refractivity contribution >= 4 is 34.5 Å². The molecule has 126 valence electrons. The molecule has 8 heteroatoms. The van der Waals surface area contributed by atoms with Gasteiger partial charge in [-0.25, -0.2) is 15.0 Å². The summed E-state index contributed by atoms with van der Waals surface area (Å²) in [5.74, 6) is 6.39. The fourth-order valence-electron chi connectivity index (χ4n) is 2.11. The highest BCUT2D eigenvalue weighted by molar-refractivity contribution is 6.35. The SMILES string of the molecule is CNc1ncc(C#CCCNC(=O)c2nc3c(Cl)cccc3[nH]2)cn1. The van der Waals surface area contributed by atoms with Crippen molar-refractivity contribution in [1.82, 2.24) is 25.3 Å². The van der Waals surface area contributed by atoms with E-state index in [1.807, 2.05) is 6.07 Å². The van der Waals surface area contributed by atoms with Crippen LogP contribution in [0.3, 0.4) is 0 Å². The number of hydrogen-bond acceptors (Lipinski definition) is 5. The van der Waals surface area contributed by atoms with Gasteiger partial charge in [0, 0.05) is 32.4 Å². The van der Waals surface area contributed by atoms with Gasteiger partial charge in [-0.3, -0.25) is 4.79 Å². The van der Waals surface area contributed by atoms with Crippen LogP contribution < -0.4 is 10.6 Å². The second-order valence-electron chi connectivity index (χ2n) is 5.07. The number of nitrogens with one attached hydrogen (secondary N) is 3. The maximum Gasteiger partial charge on any atom is 0.287 e. The monoisotopic (exact) mass is 354 g/mol. The van der Waals surface area contributed by atoms with E-state index in [0.717, 1.165) is 11.1 Å². The van der Waals surface area contributed by atoms with Crippen LogP contribution >= 0.6 is 11.6 Å². The number of aromatic amines is 1. The third kappa shape index (κ3) is 4.05. The van der Waals surface area contributed by atoms with Crippen molar-refractivity contribution < 1.29 is 4.79 Å². The number of amides is 1. The highest BCUT2D eigenvalue weighted by Crippen LogP contribution is 2.20. The molecule has 0 spiro atoms. The Balaban J connectivity index is 1.54. The number of hydrogen-bond donors (Lipinski definition) is 3. The minimum absolute atomic E-state index is 0.229. The quantitative estimate of drug-likeness (QED) is 0.493. The summed E-state index contributed by atoms with van der Waals surface area (Å²) in [4.78, 5) is 27.4. The van der Waals surface area contributed by atoms with Crippen LogP contribution in [0.4, 0.5) is 5.95 Å². The van der Waals surface area contributed by atoms with Crippen molar-refractivity contribution in [2.75, 3.05) is 18.9 Å². The first kappa shape index (κ1) is 16.7. The molecule has 0 aliphatic rings. The first-order chi connectivity index (χ1) is 12.2. The second kappa shape index (κ2) is 7.64. The van der Waals surface area contributed by atoms with Crippen LogP contribution in [0.15, 0.2) is 30.6 Å². The number of H-pyrrole nitrogens is 1.